The van der Waals surface area contributed by atoms with Gasteiger partial charge in [-0.3, -0.25) is 15.0 Å². The Kier molecular flexibility index (Phi) is 10.2. The van der Waals surface area contributed by atoms with Crippen molar-refractivity contribution in [3.05, 3.63) is 27.1 Å². The fourth-order valence-electron chi connectivity index (χ4n) is 2.61. The van der Waals surface area contributed by atoms with E-state index < -0.39 is 0 Å². The Hall–Kier alpha value is -0.400. The number of halogens is 2. The number of thiophene rings is 1. The fourth-order valence-corrected chi connectivity index (χ4v) is 3.60. The molecule has 128 valence electrons. The second-order valence-corrected chi connectivity index (χ2v) is 6.80. The SMILES string of the molecule is CC(C)CC[C@@H](c1ccc([N+](=O)[O-])s1)N1CCNCC1.Cl.Cl. The van der Waals surface area contributed by atoms with Crippen molar-refractivity contribution in [2.45, 2.75) is 32.7 Å². The van der Waals surface area contributed by atoms with Gasteiger partial charge in [-0.2, -0.15) is 0 Å². The van der Waals surface area contributed by atoms with Gasteiger partial charge in [-0.1, -0.05) is 25.2 Å². The molecule has 5 nitrogen and oxygen atoms in total. The van der Waals surface area contributed by atoms with Crippen molar-refractivity contribution in [2.75, 3.05) is 26.2 Å². The minimum atomic E-state index is -0.286. The predicted octanol–water partition coefficient (Wildman–Crippen LogP) is 3.88. The summed E-state index contributed by atoms with van der Waals surface area (Å²) in [6.07, 6.45) is 2.23. The zero-order valence-electron chi connectivity index (χ0n) is 13.0. The molecule has 1 atom stereocenters. The minimum absolute atomic E-state index is 0. The summed E-state index contributed by atoms with van der Waals surface area (Å²) in [7, 11) is 0. The normalized spacial score (nSPS) is 16.7. The molecule has 1 aliphatic rings. The van der Waals surface area contributed by atoms with Gasteiger partial charge in [0, 0.05) is 43.2 Å². The topological polar surface area (TPSA) is 58.4 Å². The number of nitrogens with zero attached hydrogens (tertiary/aromatic N) is 2. The van der Waals surface area contributed by atoms with Crippen LogP contribution in [0.25, 0.3) is 0 Å². The molecule has 0 amide bonds. The van der Waals surface area contributed by atoms with Gasteiger partial charge in [0.25, 0.3) is 0 Å². The van der Waals surface area contributed by atoms with Crippen molar-refractivity contribution >= 4 is 41.2 Å². The predicted molar refractivity (Wildman–Crippen MR) is 96.7 cm³/mol. The summed E-state index contributed by atoms with van der Waals surface area (Å²) >= 11 is 1.33. The molecule has 0 aromatic carbocycles. The van der Waals surface area contributed by atoms with Gasteiger partial charge in [0.1, 0.15) is 0 Å². The maximum atomic E-state index is 10.9. The molecule has 1 aliphatic heterocycles. The van der Waals surface area contributed by atoms with Crippen LogP contribution in [0.5, 0.6) is 0 Å². The summed E-state index contributed by atoms with van der Waals surface area (Å²) < 4.78 is 0. The molecule has 8 heteroatoms. The van der Waals surface area contributed by atoms with Crippen molar-refractivity contribution < 1.29 is 4.92 Å². The third-order valence-corrected chi connectivity index (χ3v) is 4.87. The molecule has 1 aromatic heterocycles. The van der Waals surface area contributed by atoms with E-state index in [0.29, 0.717) is 12.0 Å². The summed E-state index contributed by atoms with van der Waals surface area (Å²) in [5.74, 6) is 0.662. The zero-order chi connectivity index (χ0) is 14.5. The lowest BCUT2D eigenvalue weighted by molar-refractivity contribution is -0.380. The van der Waals surface area contributed by atoms with E-state index in [-0.39, 0.29) is 34.7 Å². The van der Waals surface area contributed by atoms with Crippen LogP contribution in [-0.4, -0.2) is 36.0 Å². The highest BCUT2D eigenvalue weighted by molar-refractivity contribution is 7.15. The van der Waals surface area contributed by atoms with E-state index in [0.717, 1.165) is 43.9 Å². The molecule has 1 aromatic rings. The van der Waals surface area contributed by atoms with E-state index in [1.807, 2.05) is 6.07 Å². The van der Waals surface area contributed by atoms with Gasteiger partial charge in [0.05, 0.1) is 4.92 Å². The van der Waals surface area contributed by atoms with E-state index in [1.165, 1.54) is 11.3 Å². The third kappa shape index (κ3) is 6.01. The Morgan fingerprint density at radius 1 is 1.27 bits per heavy atom. The largest absolute Gasteiger partial charge is 0.324 e. The van der Waals surface area contributed by atoms with Crippen LogP contribution >= 0.6 is 36.2 Å². The lowest BCUT2D eigenvalue weighted by atomic mass is 10.0. The second kappa shape index (κ2) is 10.4. The highest BCUT2D eigenvalue weighted by Gasteiger charge is 2.25. The third-order valence-electron chi connectivity index (χ3n) is 3.73. The smallest absolute Gasteiger partial charge is 0.314 e. The Bertz CT molecular complexity index is 451. The monoisotopic (exact) mass is 369 g/mol. The van der Waals surface area contributed by atoms with Crippen LogP contribution < -0.4 is 5.32 Å². The summed E-state index contributed by atoms with van der Waals surface area (Å²) in [6.45, 7) is 8.51. The molecule has 1 fully saturated rings. The first-order valence-electron chi connectivity index (χ1n) is 7.27. The first-order chi connectivity index (χ1) is 9.58. The van der Waals surface area contributed by atoms with Gasteiger partial charge in [0.15, 0.2) is 0 Å². The molecular weight excluding hydrogens is 345 g/mol. The molecule has 0 unspecified atom stereocenters. The summed E-state index contributed by atoms with van der Waals surface area (Å²) in [4.78, 5) is 14.2. The number of hydrogen-bond donors (Lipinski definition) is 1. The number of nitrogens with one attached hydrogen (secondary N) is 1. The zero-order valence-corrected chi connectivity index (χ0v) is 15.4. The highest BCUT2D eigenvalue weighted by Crippen LogP contribution is 2.35. The highest BCUT2D eigenvalue weighted by atomic mass is 35.5. The average molecular weight is 370 g/mol. The molecule has 0 radical (unpaired) electrons. The second-order valence-electron chi connectivity index (χ2n) is 5.71. The van der Waals surface area contributed by atoms with Crippen molar-refractivity contribution in [1.82, 2.24) is 10.2 Å². The standard InChI is InChI=1S/C14H23N3O2S.2ClH/c1-11(2)3-4-12(16-9-7-15-8-10-16)13-5-6-14(20-13)17(18)19;;/h5-6,11-12,15H,3-4,7-10H2,1-2H3;2*1H/t12-;;/m0../s1. The van der Waals surface area contributed by atoms with Gasteiger partial charge >= 0.3 is 5.00 Å². The van der Waals surface area contributed by atoms with Crippen LogP contribution in [0.4, 0.5) is 5.00 Å². The first kappa shape index (κ1) is 21.6. The van der Waals surface area contributed by atoms with Crippen LogP contribution in [-0.2, 0) is 0 Å². The number of rotatable bonds is 6. The van der Waals surface area contributed by atoms with E-state index in [4.69, 9.17) is 0 Å². The number of piperazine rings is 1. The Balaban J connectivity index is 0.00000220. The molecule has 2 heterocycles. The van der Waals surface area contributed by atoms with Gasteiger partial charge in [-0.15, -0.1) is 24.8 Å². The van der Waals surface area contributed by atoms with Crippen LogP contribution in [0.2, 0.25) is 0 Å². The van der Waals surface area contributed by atoms with Gasteiger partial charge in [0.2, 0.25) is 0 Å². The van der Waals surface area contributed by atoms with Gasteiger partial charge < -0.3 is 5.32 Å². The molecule has 1 N–H and O–H groups in total. The van der Waals surface area contributed by atoms with Gasteiger partial charge in [-0.05, 0) is 24.8 Å². The molecule has 22 heavy (non-hydrogen) atoms. The molecular formula is C14H25Cl2N3O2S. The van der Waals surface area contributed by atoms with Crippen LogP contribution in [0.15, 0.2) is 12.1 Å². The van der Waals surface area contributed by atoms with Crippen LogP contribution in [0, 0.1) is 16.0 Å². The number of nitro groups is 1. The van der Waals surface area contributed by atoms with E-state index in [2.05, 4.69) is 24.1 Å². The summed E-state index contributed by atoms with van der Waals surface area (Å²) in [6, 6.07) is 3.92. The molecule has 0 spiro atoms. The Morgan fingerprint density at radius 2 is 1.91 bits per heavy atom. The summed E-state index contributed by atoms with van der Waals surface area (Å²) in [5, 5.41) is 14.5. The maximum Gasteiger partial charge on any atom is 0.324 e. The Morgan fingerprint density at radius 3 is 2.41 bits per heavy atom. The quantitative estimate of drug-likeness (QED) is 0.610. The molecule has 2 rings (SSSR count). The van der Waals surface area contributed by atoms with Crippen LogP contribution in [0.3, 0.4) is 0 Å². The minimum Gasteiger partial charge on any atom is -0.314 e. The summed E-state index contributed by atoms with van der Waals surface area (Å²) in [5.41, 5.74) is 0. The average Bonchev–Trinajstić information content (AvgIpc) is 2.90. The van der Waals surface area contributed by atoms with E-state index in [9.17, 15) is 10.1 Å². The first-order valence-corrected chi connectivity index (χ1v) is 8.08. The van der Waals surface area contributed by atoms with E-state index in [1.54, 1.807) is 6.07 Å². The van der Waals surface area contributed by atoms with Gasteiger partial charge in [-0.25, -0.2) is 0 Å². The lowest BCUT2D eigenvalue weighted by Gasteiger charge is -2.34. The molecule has 0 aliphatic carbocycles. The number of hydrogen-bond acceptors (Lipinski definition) is 5. The maximum absolute atomic E-state index is 10.9. The van der Waals surface area contributed by atoms with E-state index >= 15 is 0 Å². The van der Waals surface area contributed by atoms with Crippen molar-refractivity contribution in [1.29, 1.82) is 0 Å². The van der Waals surface area contributed by atoms with Crippen LogP contribution in [0.1, 0.15) is 37.6 Å². The van der Waals surface area contributed by atoms with Crippen molar-refractivity contribution in [3.8, 4) is 0 Å². The Labute approximate surface area is 148 Å². The molecule has 1 saturated heterocycles. The fraction of sp³-hybridized carbons (Fsp3) is 0.714. The van der Waals surface area contributed by atoms with Crippen molar-refractivity contribution in [2.24, 2.45) is 5.92 Å². The van der Waals surface area contributed by atoms with Crippen molar-refractivity contribution in [3.63, 3.8) is 0 Å². The molecule has 0 bridgehead atoms. The lowest BCUT2D eigenvalue weighted by Crippen LogP contribution is -2.45. The molecule has 0 saturated carbocycles.